The van der Waals surface area contributed by atoms with E-state index in [9.17, 15) is 19.8 Å². The molecule has 9 nitrogen and oxygen atoms in total. The fourth-order valence-corrected chi connectivity index (χ4v) is 3.77. The van der Waals surface area contributed by atoms with Crippen molar-refractivity contribution in [2.45, 2.75) is 25.0 Å². The Morgan fingerprint density at radius 2 is 2.03 bits per heavy atom. The Balaban J connectivity index is 1.86. The van der Waals surface area contributed by atoms with Crippen molar-refractivity contribution >= 4 is 17.6 Å². The zero-order valence-corrected chi connectivity index (χ0v) is 17.6. The highest BCUT2D eigenvalue weighted by Crippen LogP contribution is 2.41. The van der Waals surface area contributed by atoms with Crippen LogP contribution in [0.5, 0.6) is 11.5 Å². The number of benzene rings is 1. The molecular weight excluding hydrogens is 406 g/mol. The number of hydrogen-bond donors (Lipinski definition) is 2. The van der Waals surface area contributed by atoms with Gasteiger partial charge in [0.05, 0.1) is 11.7 Å². The van der Waals surface area contributed by atoms with E-state index in [1.54, 1.807) is 13.1 Å². The minimum absolute atomic E-state index is 0.00942. The SMILES string of the molecule is C=CCOC(=O)N(C)CC[C@H]1C=C(c2cc3c(cc2C(=O)O)OCO3)[C@@H](O)[C@@H](OC)C1. The number of aliphatic hydroxyl groups is 1. The summed E-state index contributed by atoms with van der Waals surface area (Å²) in [4.78, 5) is 25.3. The van der Waals surface area contributed by atoms with Gasteiger partial charge in [0, 0.05) is 20.7 Å². The quantitative estimate of drug-likeness (QED) is 0.601. The first kappa shape index (κ1) is 22.6. The number of carboxylic acids is 1. The van der Waals surface area contributed by atoms with E-state index in [-0.39, 0.29) is 24.9 Å². The second-order valence-corrected chi connectivity index (χ2v) is 7.47. The van der Waals surface area contributed by atoms with Gasteiger partial charge >= 0.3 is 12.1 Å². The highest BCUT2D eigenvalue weighted by molar-refractivity contribution is 5.96. The molecule has 2 N–H and O–H groups in total. The van der Waals surface area contributed by atoms with Crippen molar-refractivity contribution in [3.8, 4) is 11.5 Å². The second-order valence-electron chi connectivity index (χ2n) is 7.47. The van der Waals surface area contributed by atoms with E-state index < -0.39 is 24.3 Å². The van der Waals surface area contributed by atoms with Crippen molar-refractivity contribution < 1.29 is 38.7 Å². The summed E-state index contributed by atoms with van der Waals surface area (Å²) < 4.78 is 21.2. The summed E-state index contributed by atoms with van der Waals surface area (Å²) in [7, 11) is 3.15. The molecule has 0 saturated heterocycles. The number of carbonyl (C=O) groups is 2. The zero-order valence-electron chi connectivity index (χ0n) is 17.6. The zero-order chi connectivity index (χ0) is 22.5. The van der Waals surface area contributed by atoms with Crippen LogP contribution in [0.2, 0.25) is 0 Å². The molecule has 0 aromatic heterocycles. The van der Waals surface area contributed by atoms with Gasteiger partial charge in [-0.15, -0.1) is 0 Å². The molecule has 31 heavy (non-hydrogen) atoms. The normalized spacial score (nSPS) is 21.9. The average molecular weight is 433 g/mol. The lowest BCUT2D eigenvalue weighted by molar-refractivity contribution is -0.000974. The number of amides is 1. The molecule has 0 unspecified atom stereocenters. The van der Waals surface area contributed by atoms with Crippen molar-refractivity contribution in [3.63, 3.8) is 0 Å². The predicted octanol–water partition coefficient (Wildman–Crippen LogP) is 2.54. The van der Waals surface area contributed by atoms with Gasteiger partial charge in [0.25, 0.3) is 0 Å². The number of nitrogens with zero attached hydrogens (tertiary/aromatic N) is 1. The molecule has 0 bridgehead atoms. The van der Waals surface area contributed by atoms with Crippen LogP contribution in [0.3, 0.4) is 0 Å². The van der Waals surface area contributed by atoms with E-state index in [2.05, 4.69) is 6.58 Å². The molecule has 1 aromatic rings. The van der Waals surface area contributed by atoms with E-state index in [1.165, 1.54) is 24.2 Å². The summed E-state index contributed by atoms with van der Waals surface area (Å²) in [6.45, 7) is 4.08. The lowest BCUT2D eigenvalue weighted by atomic mass is 9.80. The van der Waals surface area contributed by atoms with Gasteiger partial charge in [0.15, 0.2) is 11.5 Å². The fraction of sp³-hybridized carbons (Fsp3) is 0.455. The molecule has 1 amide bonds. The monoisotopic (exact) mass is 433 g/mol. The summed E-state index contributed by atoms with van der Waals surface area (Å²) in [5.41, 5.74) is 0.820. The van der Waals surface area contributed by atoms with Crippen LogP contribution >= 0.6 is 0 Å². The lowest BCUT2D eigenvalue weighted by Gasteiger charge is -2.33. The van der Waals surface area contributed by atoms with Gasteiger partial charge in [0.2, 0.25) is 6.79 Å². The number of carbonyl (C=O) groups excluding carboxylic acids is 1. The fourth-order valence-electron chi connectivity index (χ4n) is 3.77. The molecule has 0 saturated carbocycles. The number of allylic oxidation sites excluding steroid dienone is 1. The summed E-state index contributed by atoms with van der Waals surface area (Å²) in [6, 6.07) is 2.98. The Morgan fingerprint density at radius 1 is 1.32 bits per heavy atom. The molecule has 1 aliphatic carbocycles. The number of aromatic carboxylic acids is 1. The minimum Gasteiger partial charge on any atom is -0.478 e. The van der Waals surface area contributed by atoms with Crippen molar-refractivity contribution in [2.24, 2.45) is 5.92 Å². The van der Waals surface area contributed by atoms with Gasteiger partial charge in [-0.05, 0) is 42.0 Å². The largest absolute Gasteiger partial charge is 0.478 e. The third kappa shape index (κ3) is 5.00. The number of carboxylic acid groups (broad SMARTS) is 1. The molecule has 1 aliphatic heterocycles. The number of aliphatic hydroxyl groups excluding tert-OH is 1. The Morgan fingerprint density at radius 3 is 2.68 bits per heavy atom. The Labute approximate surface area is 180 Å². The first-order valence-corrected chi connectivity index (χ1v) is 9.94. The van der Waals surface area contributed by atoms with Crippen LogP contribution in [0.4, 0.5) is 4.79 Å². The average Bonchev–Trinajstić information content (AvgIpc) is 3.23. The molecule has 1 heterocycles. The maximum Gasteiger partial charge on any atom is 0.409 e. The number of methoxy groups -OCH3 is 1. The number of rotatable bonds is 8. The van der Waals surface area contributed by atoms with Crippen molar-refractivity contribution in [3.05, 3.63) is 42.0 Å². The standard InChI is InChI=1S/C22H27NO8/c1-4-7-29-22(27)23(2)6-5-13-8-15(20(24)19(9-13)28-3)14-10-17-18(31-12-30-17)11-16(14)21(25)26/h4,8,10-11,13,19-20,24H,1,5-7,9,12H2,2-3H3,(H,25,26)/t13-,19-,20+/m0/s1. The van der Waals surface area contributed by atoms with Crippen LogP contribution in [0.1, 0.15) is 28.8 Å². The molecule has 168 valence electrons. The van der Waals surface area contributed by atoms with Gasteiger partial charge in [-0.3, -0.25) is 0 Å². The van der Waals surface area contributed by atoms with E-state index in [1.807, 2.05) is 6.08 Å². The lowest BCUT2D eigenvalue weighted by Crippen LogP contribution is -2.36. The minimum atomic E-state index is -1.14. The van der Waals surface area contributed by atoms with E-state index in [0.717, 1.165) is 0 Å². The Hall–Kier alpha value is -3.04. The van der Waals surface area contributed by atoms with Crippen LogP contribution < -0.4 is 9.47 Å². The van der Waals surface area contributed by atoms with Crippen molar-refractivity contribution in [1.29, 1.82) is 0 Å². The summed E-state index contributed by atoms with van der Waals surface area (Å²) in [6.07, 6.45) is 2.49. The summed E-state index contributed by atoms with van der Waals surface area (Å²) >= 11 is 0. The molecule has 9 heteroatoms. The smallest absolute Gasteiger partial charge is 0.409 e. The highest BCUT2D eigenvalue weighted by Gasteiger charge is 2.34. The molecule has 3 atom stereocenters. The molecule has 2 aliphatic rings. The third-order valence-corrected chi connectivity index (χ3v) is 5.45. The first-order valence-electron chi connectivity index (χ1n) is 9.94. The topological polar surface area (TPSA) is 115 Å². The third-order valence-electron chi connectivity index (χ3n) is 5.45. The second kappa shape index (κ2) is 9.84. The number of fused-ring (bicyclic) bond motifs is 1. The van der Waals surface area contributed by atoms with Gasteiger partial charge < -0.3 is 34.1 Å². The molecule has 1 aromatic carbocycles. The van der Waals surface area contributed by atoms with Gasteiger partial charge in [-0.2, -0.15) is 0 Å². The first-order chi connectivity index (χ1) is 14.8. The maximum atomic E-state index is 11.9. The Bertz CT molecular complexity index is 881. The van der Waals surface area contributed by atoms with Crippen molar-refractivity contribution in [1.82, 2.24) is 4.90 Å². The van der Waals surface area contributed by atoms with Crippen molar-refractivity contribution in [2.75, 3.05) is 34.1 Å². The molecular formula is C22H27NO8. The number of hydrogen-bond acceptors (Lipinski definition) is 7. The van der Waals surface area contributed by atoms with Crippen LogP contribution in [0.15, 0.2) is 30.9 Å². The van der Waals surface area contributed by atoms with Crippen LogP contribution in [0.25, 0.3) is 5.57 Å². The molecule has 0 fully saturated rings. The van der Waals surface area contributed by atoms with Gasteiger partial charge in [-0.25, -0.2) is 9.59 Å². The number of ether oxygens (including phenoxy) is 4. The highest BCUT2D eigenvalue weighted by atomic mass is 16.7. The summed E-state index contributed by atoms with van der Waals surface area (Å²) in [5, 5.41) is 20.6. The van der Waals surface area contributed by atoms with Gasteiger partial charge in [0.1, 0.15) is 12.7 Å². The van der Waals surface area contributed by atoms with E-state index in [0.29, 0.717) is 42.0 Å². The van der Waals surface area contributed by atoms with Gasteiger partial charge in [-0.1, -0.05) is 18.7 Å². The summed E-state index contributed by atoms with van der Waals surface area (Å²) in [5.74, 6) is -0.410. The molecule has 3 rings (SSSR count). The Kier molecular flexibility index (Phi) is 7.19. The molecule has 0 radical (unpaired) electrons. The van der Waals surface area contributed by atoms with Crippen LogP contribution in [0, 0.1) is 5.92 Å². The maximum absolute atomic E-state index is 11.9. The van der Waals surface area contributed by atoms with Crippen LogP contribution in [-0.4, -0.2) is 73.5 Å². The van der Waals surface area contributed by atoms with Crippen LogP contribution in [-0.2, 0) is 9.47 Å². The van der Waals surface area contributed by atoms with E-state index in [4.69, 9.17) is 18.9 Å². The predicted molar refractivity (Wildman–Crippen MR) is 111 cm³/mol. The molecule has 0 spiro atoms. The van der Waals surface area contributed by atoms with E-state index >= 15 is 0 Å².